The Kier molecular flexibility index (Phi) is 8.98. The zero-order chi connectivity index (χ0) is 25.3. The first-order valence-electron chi connectivity index (χ1n) is 13.0. The van der Waals surface area contributed by atoms with E-state index in [0.717, 1.165) is 62.7 Å². The van der Waals surface area contributed by atoms with E-state index in [0.29, 0.717) is 12.2 Å². The second kappa shape index (κ2) is 12.6. The molecular weight excluding hydrogens is 456 g/mol. The van der Waals surface area contributed by atoms with Gasteiger partial charge in [-0.2, -0.15) is 0 Å². The van der Waals surface area contributed by atoms with E-state index >= 15 is 0 Å². The molecule has 0 saturated heterocycles. The van der Waals surface area contributed by atoms with E-state index in [2.05, 4.69) is 10.6 Å². The number of fused-ring (bicyclic) bond motifs is 12. The van der Waals surface area contributed by atoms with Crippen LogP contribution in [0.25, 0.3) is 0 Å². The van der Waals surface area contributed by atoms with E-state index in [1.54, 1.807) is 0 Å². The summed E-state index contributed by atoms with van der Waals surface area (Å²) in [5.41, 5.74) is 2.02. The Morgan fingerprint density at radius 2 is 1.61 bits per heavy atom. The molecule has 2 heterocycles. The Bertz CT molecular complexity index is 1050. The molecule has 0 aromatic heterocycles. The van der Waals surface area contributed by atoms with Crippen LogP contribution in [0.15, 0.2) is 48.5 Å². The smallest absolute Gasteiger partial charge is 0.328 e. The molecule has 0 radical (unpaired) electrons. The summed E-state index contributed by atoms with van der Waals surface area (Å²) < 4.78 is 11.0. The summed E-state index contributed by atoms with van der Waals surface area (Å²) in [5.74, 6) is 0.468. The molecule has 2 N–H and O–H groups in total. The number of methoxy groups -OCH3 is 1. The first-order chi connectivity index (χ1) is 17.5. The number of hydrogen-bond acceptors (Lipinski definition) is 5. The zero-order valence-corrected chi connectivity index (χ0v) is 21.0. The molecule has 1 saturated carbocycles. The van der Waals surface area contributed by atoms with Crippen LogP contribution < -0.4 is 15.4 Å². The van der Waals surface area contributed by atoms with Crippen LogP contribution in [-0.2, 0) is 32.0 Å². The van der Waals surface area contributed by atoms with Crippen LogP contribution >= 0.6 is 0 Å². The molecule has 2 aromatic carbocycles. The second-order valence-electron chi connectivity index (χ2n) is 9.83. The highest BCUT2D eigenvalue weighted by atomic mass is 16.5. The quantitative estimate of drug-likeness (QED) is 0.604. The Labute approximate surface area is 212 Å². The van der Waals surface area contributed by atoms with E-state index in [1.807, 2.05) is 48.5 Å². The van der Waals surface area contributed by atoms with Crippen molar-refractivity contribution in [2.24, 2.45) is 5.92 Å². The summed E-state index contributed by atoms with van der Waals surface area (Å²) in [4.78, 5) is 38.9. The lowest BCUT2D eigenvalue weighted by Gasteiger charge is -2.31. The fraction of sp³-hybridized carbons (Fsp3) is 0.483. The monoisotopic (exact) mass is 492 g/mol. The Balaban J connectivity index is 1.61. The molecular formula is C29H36N2O5. The molecule has 1 aliphatic carbocycles. The third-order valence-electron chi connectivity index (χ3n) is 7.14. The summed E-state index contributed by atoms with van der Waals surface area (Å²) in [6, 6.07) is 13.9. The number of carbonyl (C=O) groups excluding carboxylic acids is 3. The van der Waals surface area contributed by atoms with Crippen molar-refractivity contribution >= 4 is 17.8 Å². The number of aryl methyl sites for hydroxylation is 1. The van der Waals surface area contributed by atoms with Gasteiger partial charge in [-0.25, -0.2) is 4.79 Å². The summed E-state index contributed by atoms with van der Waals surface area (Å²) in [6.45, 7) is 0. The normalized spacial score (nSPS) is 22.2. The summed E-state index contributed by atoms with van der Waals surface area (Å²) in [7, 11) is 1.31. The summed E-state index contributed by atoms with van der Waals surface area (Å²) >= 11 is 0. The summed E-state index contributed by atoms with van der Waals surface area (Å²) in [5, 5.41) is 5.89. The number of ether oxygens (including phenoxy) is 2. The maximum atomic E-state index is 13.5. The minimum absolute atomic E-state index is 0.0603. The fourth-order valence-corrected chi connectivity index (χ4v) is 5.15. The highest BCUT2D eigenvalue weighted by Crippen LogP contribution is 2.28. The molecule has 5 rings (SSSR count). The number of rotatable bonds is 2. The van der Waals surface area contributed by atoms with Crippen molar-refractivity contribution in [2.45, 2.75) is 76.3 Å². The molecule has 36 heavy (non-hydrogen) atoms. The standard InChI is InChI=1S/C29H36N2O5/c1-35-29(34)25-19-21-9-7-12-24(18-21)36-23-16-14-20(15-17-23)8-5-6-13-26(32)31-27(28(33)30-25)22-10-3-2-4-11-22/h7,9,12,14-18,22,25,27H,2-6,8,10-11,13,19H2,1H3,(H,30,33)(H,31,32)/t25-,27-/m0/s1. The number of hydrogen-bond donors (Lipinski definition) is 2. The number of benzene rings is 2. The SMILES string of the molecule is COC(=O)[C@@H]1Cc2cccc(c2)Oc2ccc(cc2)CCCCC(=O)N[C@@H](C2CCCCC2)C(=O)N1. The molecule has 2 amide bonds. The van der Waals surface area contributed by atoms with Gasteiger partial charge in [-0.05, 0) is 73.4 Å². The van der Waals surface area contributed by atoms with Crippen molar-refractivity contribution in [1.29, 1.82) is 0 Å². The van der Waals surface area contributed by atoms with Crippen molar-refractivity contribution in [3.63, 3.8) is 0 Å². The molecule has 4 bridgehead atoms. The van der Waals surface area contributed by atoms with Gasteiger partial charge in [0.05, 0.1) is 7.11 Å². The first-order valence-corrected chi connectivity index (χ1v) is 13.0. The highest BCUT2D eigenvalue weighted by Gasteiger charge is 2.33. The van der Waals surface area contributed by atoms with E-state index in [-0.39, 0.29) is 24.2 Å². The topological polar surface area (TPSA) is 93.7 Å². The summed E-state index contributed by atoms with van der Waals surface area (Å²) in [6.07, 6.45) is 8.09. The largest absolute Gasteiger partial charge is 0.467 e. The van der Waals surface area contributed by atoms with Crippen molar-refractivity contribution in [3.8, 4) is 11.5 Å². The van der Waals surface area contributed by atoms with Crippen LogP contribution in [0.3, 0.4) is 0 Å². The van der Waals surface area contributed by atoms with Crippen LogP contribution in [0, 0.1) is 5.92 Å². The van der Waals surface area contributed by atoms with Crippen LogP contribution in [0.2, 0.25) is 0 Å². The average Bonchev–Trinajstić information content (AvgIpc) is 2.90. The van der Waals surface area contributed by atoms with Crippen LogP contribution in [0.5, 0.6) is 11.5 Å². The second-order valence-corrected chi connectivity index (χ2v) is 9.83. The van der Waals surface area contributed by atoms with Crippen LogP contribution in [0.4, 0.5) is 0 Å². The lowest BCUT2D eigenvalue weighted by atomic mass is 9.83. The van der Waals surface area contributed by atoms with Gasteiger partial charge in [0.15, 0.2) is 0 Å². The molecule has 3 aliphatic rings. The van der Waals surface area contributed by atoms with Gasteiger partial charge in [0.2, 0.25) is 11.8 Å². The van der Waals surface area contributed by atoms with E-state index in [4.69, 9.17) is 9.47 Å². The molecule has 7 nitrogen and oxygen atoms in total. The predicted molar refractivity (Wildman–Crippen MR) is 137 cm³/mol. The maximum Gasteiger partial charge on any atom is 0.328 e. The average molecular weight is 493 g/mol. The number of esters is 1. The fourth-order valence-electron chi connectivity index (χ4n) is 5.15. The van der Waals surface area contributed by atoms with E-state index < -0.39 is 18.1 Å². The van der Waals surface area contributed by atoms with Crippen molar-refractivity contribution in [2.75, 3.05) is 7.11 Å². The molecule has 1 fully saturated rings. The number of carbonyl (C=O) groups is 3. The molecule has 0 unspecified atom stereocenters. The van der Waals surface area contributed by atoms with Gasteiger partial charge in [-0.15, -0.1) is 0 Å². The molecule has 192 valence electrons. The van der Waals surface area contributed by atoms with Gasteiger partial charge in [0.1, 0.15) is 23.6 Å². The number of nitrogens with one attached hydrogen (secondary N) is 2. The van der Waals surface area contributed by atoms with Crippen molar-refractivity contribution in [3.05, 3.63) is 59.7 Å². The highest BCUT2D eigenvalue weighted by molar-refractivity contribution is 5.91. The lowest BCUT2D eigenvalue weighted by molar-refractivity contribution is -0.145. The number of amides is 2. The van der Waals surface area contributed by atoms with Gasteiger partial charge in [-0.1, -0.05) is 43.5 Å². The lowest BCUT2D eigenvalue weighted by Crippen LogP contribution is -2.55. The molecule has 0 spiro atoms. The molecule has 7 heteroatoms. The Morgan fingerprint density at radius 3 is 2.36 bits per heavy atom. The first kappa shape index (κ1) is 25.7. The third-order valence-corrected chi connectivity index (χ3v) is 7.14. The minimum Gasteiger partial charge on any atom is -0.467 e. The van der Waals surface area contributed by atoms with Gasteiger partial charge in [-0.3, -0.25) is 9.59 Å². The molecule has 2 aromatic rings. The van der Waals surface area contributed by atoms with Crippen LogP contribution in [0.1, 0.15) is 62.5 Å². The van der Waals surface area contributed by atoms with Gasteiger partial charge < -0.3 is 20.1 Å². The Hall–Kier alpha value is -3.35. The maximum absolute atomic E-state index is 13.5. The van der Waals surface area contributed by atoms with Gasteiger partial charge in [0, 0.05) is 12.8 Å². The van der Waals surface area contributed by atoms with E-state index in [1.165, 1.54) is 12.7 Å². The third kappa shape index (κ3) is 7.09. The predicted octanol–water partition coefficient (Wildman–Crippen LogP) is 4.47. The van der Waals surface area contributed by atoms with Gasteiger partial charge >= 0.3 is 5.97 Å². The van der Waals surface area contributed by atoms with Crippen LogP contribution in [-0.4, -0.2) is 37.0 Å². The minimum atomic E-state index is -0.873. The van der Waals surface area contributed by atoms with Crippen molar-refractivity contribution in [1.82, 2.24) is 10.6 Å². The van der Waals surface area contributed by atoms with Gasteiger partial charge in [0.25, 0.3) is 0 Å². The van der Waals surface area contributed by atoms with E-state index in [9.17, 15) is 14.4 Å². The zero-order valence-electron chi connectivity index (χ0n) is 21.0. The molecule has 2 aliphatic heterocycles. The molecule has 2 atom stereocenters. The Morgan fingerprint density at radius 1 is 0.861 bits per heavy atom. The van der Waals surface area contributed by atoms with Crippen molar-refractivity contribution < 1.29 is 23.9 Å².